The van der Waals surface area contributed by atoms with Crippen LogP contribution in [0.4, 0.5) is 0 Å². The zero-order valence-electron chi connectivity index (χ0n) is 12.0. The molecule has 0 fully saturated rings. The van der Waals surface area contributed by atoms with Crippen molar-refractivity contribution >= 4 is 10.9 Å². The van der Waals surface area contributed by atoms with Crippen LogP contribution in [0.3, 0.4) is 0 Å². The predicted molar refractivity (Wildman–Crippen MR) is 85.5 cm³/mol. The van der Waals surface area contributed by atoms with Gasteiger partial charge in [-0.05, 0) is 24.6 Å². The minimum absolute atomic E-state index is 0.0189. The molecule has 0 radical (unpaired) electrons. The normalized spacial score (nSPS) is 12.3. The van der Waals surface area contributed by atoms with E-state index in [9.17, 15) is 0 Å². The van der Waals surface area contributed by atoms with Crippen molar-refractivity contribution in [2.45, 2.75) is 19.4 Å². The van der Waals surface area contributed by atoms with E-state index >= 15 is 0 Å². The minimum Gasteiger partial charge on any atom is -0.455 e. The molecule has 0 aliphatic carbocycles. The van der Waals surface area contributed by atoms with Crippen molar-refractivity contribution in [3.05, 3.63) is 66.4 Å². The van der Waals surface area contributed by atoms with Crippen molar-refractivity contribution < 1.29 is 4.74 Å². The molecular weight excluding hydrogens is 260 g/mol. The molecule has 3 nitrogen and oxygen atoms in total. The van der Waals surface area contributed by atoms with E-state index in [2.05, 4.69) is 11.9 Å². The first-order valence-corrected chi connectivity index (χ1v) is 7.15. The number of pyridine rings is 1. The van der Waals surface area contributed by atoms with E-state index in [4.69, 9.17) is 10.5 Å². The van der Waals surface area contributed by atoms with Crippen LogP contribution in [0.15, 0.2) is 60.8 Å². The van der Waals surface area contributed by atoms with Gasteiger partial charge in [0.05, 0.1) is 11.7 Å². The molecule has 3 aromatic rings. The van der Waals surface area contributed by atoms with Crippen LogP contribution >= 0.6 is 0 Å². The molecular formula is C18H18N2O. The van der Waals surface area contributed by atoms with Gasteiger partial charge in [-0.25, -0.2) is 0 Å². The van der Waals surface area contributed by atoms with E-state index in [0.717, 1.165) is 34.4 Å². The van der Waals surface area contributed by atoms with Crippen LogP contribution in [0.5, 0.6) is 11.5 Å². The summed E-state index contributed by atoms with van der Waals surface area (Å²) in [5.74, 6) is 1.52. The molecule has 3 heteroatoms. The summed E-state index contributed by atoms with van der Waals surface area (Å²) in [6.45, 7) is 2.07. The van der Waals surface area contributed by atoms with Gasteiger partial charge in [-0.1, -0.05) is 43.3 Å². The smallest absolute Gasteiger partial charge is 0.146 e. The topological polar surface area (TPSA) is 48.1 Å². The van der Waals surface area contributed by atoms with E-state index < -0.39 is 0 Å². The lowest BCUT2D eigenvalue weighted by Crippen LogP contribution is -2.09. The molecule has 0 saturated carbocycles. The van der Waals surface area contributed by atoms with E-state index in [0.29, 0.717) is 0 Å². The molecule has 1 aromatic heterocycles. The van der Waals surface area contributed by atoms with Gasteiger partial charge in [0.15, 0.2) is 0 Å². The highest BCUT2D eigenvalue weighted by Crippen LogP contribution is 2.30. The van der Waals surface area contributed by atoms with Gasteiger partial charge in [0.25, 0.3) is 0 Å². The number of rotatable bonds is 4. The zero-order valence-corrected chi connectivity index (χ0v) is 12.0. The van der Waals surface area contributed by atoms with E-state index in [-0.39, 0.29) is 6.04 Å². The van der Waals surface area contributed by atoms with Crippen LogP contribution in [0, 0.1) is 0 Å². The van der Waals surface area contributed by atoms with Crippen LogP contribution in [-0.2, 0) is 0 Å². The number of benzene rings is 2. The van der Waals surface area contributed by atoms with Crippen LogP contribution in [0.25, 0.3) is 10.9 Å². The fraction of sp³-hybridized carbons (Fsp3) is 0.167. The third kappa shape index (κ3) is 2.88. The van der Waals surface area contributed by atoms with Crippen LogP contribution < -0.4 is 10.5 Å². The van der Waals surface area contributed by atoms with Crippen LogP contribution in [0.1, 0.15) is 24.9 Å². The summed E-state index contributed by atoms with van der Waals surface area (Å²) in [6.07, 6.45) is 2.62. The molecule has 2 N–H and O–H groups in total. The first kappa shape index (κ1) is 13.6. The minimum atomic E-state index is -0.0189. The number of nitrogens with zero attached hydrogens (tertiary/aromatic N) is 1. The number of ether oxygens (including phenoxy) is 1. The van der Waals surface area contributed by atoms with Crippen molar-refractivity contribution in [3.8, 4) is 11.5 Å². The largest absolute Gasteiger partial charge is 0.455 e. The second kappa shape index (κ2) is 5.94. The maximum atomic E-state index is 6.14. The van der Waals surface area contributed by atoms with Gasteiger partial charge in [0, 0.05) is 17.0 Å². The molecule has 21 heavy (non-hydrogen) atoms. The van der Waals surface area contributed by atoms with Gasteiger partial charge < -0.3 is 10.5 Å². The monoisotopic (exact) mass is 278 g/mol. The number of fused-ring (bicyclic) bond motifs is 1. The standard InChI is InChI=1S/C18H18N2O/c1-2-16(19)15-8-4-6-10-18(15)21-14-11-13-7-3-5-9-17(13)20-12-14/h3-12,16H,2,19H2,1H3. The average molecular weight is 278 g/mol. The average Bonchev–Trinajstić information content (AvgIpc) is 2.54. The molecule has 1 unspecified atom stereocenters. The van der Waals surface area contributed by atoms with Crippen molar-refractivity contribution in [1.82, 2.24) is 4.98 Å². The predicted octanol–water partition coefficient (Wildman–Crippen LogP) is 4.44. The Morgan fingerprint density at radius 1 is 1.10 bits per heavy atom. The SMILES string of the molecule is CCC(N)c1ccccc1Oc1cnc2ccccc2c1. The molecule has 0 saturated heterocycles. The highest BCUT2D eigenvalue weighted by molar-refractivity contribution is 5.79. The van der Waals surface area contributed by atoms with Crippen LogP contribution in [-0.4, -0.2) is 4.98 Å². The van der Waals surface area contributed by atoms with Gasteiger partial charge in [-0.15, -0.1) is 0 Å². The van der Waals surface area contributed by atoms with Crippen molar-refractivity contribution in [1.29, 1.82) is 0 Å². The molecule has 0 bridgehead atoms. The first-order chi connectivity index (χ1) is 10.3. The van der Waals surface area contributed by atoms with E-state index in [1.165, 1.54) is 0 Å². The third-order valence-corrected chi connectivity index (χ3v) is 3.55. The Morgan fingerprint density at radius 2 is 1.86 bits per heavy atom. The lowest BCUT2D eigenvalue weighted by Gasteiger charge is -2.15. The highest BCUT2D eigenvalue weighted by Gasteiger charge is 2.11. The van der Waals surface area contributed by atoms with Crippen molar-refractivity contribution in [2.75, 3.05) is 0 Å². The second-order valence-corrected chi connectivity index (χ2v) is 5.02. The van der Waals surface area contributed by atoms with E-state index in [1.807, 2.05) is 54.6 Å². The zero-order chi connectivity index (χ0) is 14.7. The van der Waals surface area contributed by atoms with Gasteiger partial charge in [-0.2, -0.15) is 0 Å². The number of hydrogen-bond acceptors (Lipinski definition) is 3. The van der Waals surface area contributed by atoms with Crippen molar-refractivity contribution in [3.63, 3.8) is 0 Å². The summed E-state index contributed by atoms with van der Waals surface area (Å²) < 4.78 is 6.00. The fourth-order valence-corrected chi connectivity index (χ4v) is 2.33. The Kier molecular flexibility index (Phi) is 3.84. The molecule has 1 heterocycles. The van der Waals surface area contributed by atoms with E-state index in [1.54, 1.807) is 6.20 Å². The molecule has 0 aliphatic heterocycles. The molecule has 2 aromatic carbocycles. The van der Waals surface area contributed by atoms with Gasteiger partial charge in [0.1, 0.15) is 11.5 Å². The highest BCUT2D eigenvalue weighted by atomic mass is 16.5. The lowest BCUT2D eigenvalue weighted by molar-refractivity contribution is 0.467. The summed E-state index contributed by atoms with van der Waals surface area (Å²) in [5.41, 5.74) is 8.13. The Hall–Kier alpha value is -2.39. The van der Waals surface area contributed by atoms with Gasteiger partial charge in [-0.3, -0.25) is 4.98 Å². The van der Waals surface area contributed by atoms with Crippen LogP contribution in [0.2, 0.25) is 0 Å². The maximum absolute atomic E-state index is 6.14. The summed E-state index contributed by atoms with van der Waals surface area (Å²) in [6, 6.07) is 17.9. The number of aromatic nitrogens is 1. The third-order valence-electron chi connectivity index (χ3n) is 3.55. The molecule has 0 amide bonds. The molecule has 106 valence electrons. The summed E-state index contributed by atoms with van der Waals surface area (Å²) in [5, 5.41) is 1.06. The quantitative estimate of drug-likeness (QED) is 0.767. The number of nitrogens with two attached hydrogens (primary N) is 1. The lowest BCUT2D eigenvalue weighted by atomic mass is 10.0. The second-order valence-electron chi connectivity index (χ2n) is 5.02. The summed E-state index contributed by atoms with van der Waals surface area (Å²) in [7, 11) is 0. The number of hydrogen-bond donors (Lipinski definition) is 1. The van der Waals surface area contributed by atoms with Gasteiger partial charge >= 0.3 is 0 Å². The Morgan fingerprint density at radius 3 is 2.71 bits per heavy atom. The Balaban J connectivity index is 1.95. The van der Waals surface area contributed by atoms with Gasteiger partial charge in [0.2, 0.25) is 0 Å². The molecule has 0 aliphatic rings. The number of para-hydroxylation sites is 2. The summed E-state index contributed by atoms with van der Waals surface area (Å²) >= 11 is 0. The molecule has 0 spiro atoms. The first-order valence-electron chi connectivity index (χ1n) is 7.15. The molecule has 3 rings (SSSR count). The molecule has 1 atom stereocenters. The fourth-order valence-electron chi connectivity index (χ4n) is 2.33. The summed E-state index contributed by atoms with van der Waals surface area (Å²) in [4.78, 5) is 4.42. The Labute approximate surface area is 124 Å². The Bertz CT molecular complexity index is 755. The maximum Gasteiger partial charge on any atom is 0.146 e. The van der Waals surface area contributed by atoms with Crippen molar-refractivity contribution in [2.24, 2.45) is 5.73 Å².